The Morgan fingerprint density at radius 2 is 2.13 bits per heavy atom. The normalized spacial score (nSPS) is 11.2. The molecule has 0 fully saturated rings. The zero-order valence-electron chi connectivity index (χ0n) is 14.3. The van der Waals surface area contributed by atoms with E-state index in [9.17, 15) is 4.79 Å². The second-order valence-corrected chi connectivity index (χ2v) is 7.43. The van der Waals surface area contributed by atoms with Crippen LogP contribution in [0.2, 0.25) is 0 Å². The van der Waals surface area contributed by atoms with Crippen molar-refractivity contribution in [1.29, 1.82) is 0 Å². The summed E-state index contributed by atoms with van der Waals surface area (Å²) in [5.41, 5.74) is 2.48. The number of hydrogen-bond donors (Lipinski definition) is 0. The maximum atomic E-state index is 11.6. The van der Waals surface area contributed by atoms with E-state index in [0.29, 0.717) is 6.61 Å². The first-order chi connectivity index (χ1) is 11.0. The minimum absolute atomic E-state index is 0.217. The van der Waals surface area contributed by atoms with Gasteiger partial charge in [-0.15, -0.1) is 21.5 Å². The van der Waals surface area contributed by atoms with E-state index >= 15 is 0 Å². The molecule has 2 heterocycles. The number of thiophene rings is 1. The zero-order valence-corrected chi connectivity index (χ0v) is 15.9. The molecule has 2 aromatic heterocycles. The summed E-state index contributed by atoms with van der Waals surface area (Å²) < 4.78 is 7.08. The Bertz CT molecular complexity index is 677. The van der Waals surface area contributed by atoms with Crippen molar-refractivity contribution in [2.45, 2.75) is 52.2 Å². The van der Waals surface area contributed by atoms with Gasteiger partial charge < -0.3 is 4.74 Å². The Labute approximate surface area is 145 Å². The number of thioether (sulfide) groups is 1. The Balaban J connectivity index is 2.33. The van der Waals surface area contributed by atoms with Gasteiger partial charge in [-0.2, -0.15) is 0 Å². The molecule has 0 atom stereocenters. The molecule has 0 unspecified atom stereocenters. The Kier molecular flexibility index (Phi) is 6.24. The molecule has 0 aliphatic carbocycles. The van der Waals surface area contributed by atoms with Gasteiger partial charge in [0.2, 0.25) is 0 Å². The van der Waals surface area contributed by atoms with Crippen LogP contribution in [0.3, 0.4) is 0 Å². The van der Waals surface area contributed by atoms with E-state index in [1.807, 2.05) is 6.92 Å². The first kappa shape index (κ1) is 18.0. The molecule has 0 saturated carbocycles. The molecule has 0 spiro atoms. The van der Waals surface area contributed by atoms with E-state index in [-0.39, 0.29) is 17.8 Å². The summed E-state index contributed by atoms with van der Waals surface area (Å²) in [5.74, 6) is 0.910. The quantitative estimate of drug-likeness (QED) is 0.554. The van der Waals surface area contributed by atoms with Gasteiger partial charge in [0.15, 0.2) is 11.0 Å². The van der Waals surface area contributed by atoms with Gasteiger partial charge in [0.05, 0.1) is 12.4 Å². The van der Waals surface area contributed by atoms with Crippen LogP contribution >= 0.6 is 23.1 Å². The molecule has 126 valence electrons. The third-order valence-electron chi connectivity index (χ3n) is 3.50. The molecule has 0 radical (unpaired) electrons. The number of carbonyl (C=O) groups is 1. The molecule has 0 aliphatic heterocycles. The Hall–Kier alpha value is -1.34. The molecule has 0 aliphatic rings. The van der Waals surface area contributed by atoms with Crippen molar-refractivity contribution in [2.75, 3.05) is 12.4 Å². The number of ether oxygens (including phenoxy) is 1. The van der Waals surface area contributed by atoms with Crippen LogP contribution in [0.5, 0.6) is 0 Å². The summed E-state index contributed by atoms with van der Waals surface area (Å²) in [6.45, 7) is 10.7. The lowest BCUT2D eigenvalue weighted by molar-refractivity contribution is -0.139. The Morgan fingerprint density at radius 3 is 2.74 bits per heavy atom. The molecule has 23 heavy (non-hydrogen) atoms. The molecule has 0 aromatic carbocycles. The summed E-state index contributed by atoms with van der Waals surface area (Å²) in [6, 6.07) is 0.217. The van der Waals surface area contributed by atoms with Crippen molar-refractivity contribution < 1.29 is 9.53 Å². The first-order valence-corrected chi connectivity index (χ1v) is 9.66. The minimum atomic E-state index is -0.224. The lowest BCUT2D eigenvalue weighted by Crippen LogP contribution is -2.09. The topological polar surface area (TPSA) is 57.0 Å². The van der Waals surface area contributed by atoms with Gasteiger partial charge in [-0.05, 0) is 39.7 Å². The molecule has 7 heteroatoms. The number of aromatic nitrogens is 3. The molecule has 0 amide bonds. The van der Waals surface area contributed by atoms with Crippen LogP contribution in [-0.2, 0) is 16.0 Å². The minimum Gasteiger partial charge on any atom is -0.465 e. The number of aryl methyl sites for hydroxylation is 1. The van der Waals surface area contributed by atoms with Crippen molar-refractivity contribution >= 4 is 29.1 Å². The van der Waals surface area contributed by atoms with E-state index in [0.717, 1.165) is 23.0 Å². The number of esters is 1. The van der Waals surface area contributed by atoms with Gasteiger partial charge in [-0.1, -0.05) is 18.7 Å². The fraction of sp³-hybridized carbons (Fsp3) is 0.562. The molecule has 2 aromatic rings. The predicted octanol–water partition coefficient (Wildman–Crippen LogP) is 4.11. The lowest BCUT2D eigenvalue weighted by atomic mass is 10.1. The number of carbonyl (C=O) groups excluding carboxylic acids is 1. The van der Waals surface area contributed by atoms with Crippen molar-refractivity contribution in [3.8, 4) is 11.4 Å². The van der Waals surface area contributed by atoms with Crippen LogP contribution in [0.15, 0.2) is 10.5 Å². The maximum absolute atomic E-state index is 11.6. The molecule has 0 saturated heterocycles. The fourth-order valence-electron chi connectivity index (χ4n) is 2.46. The van der Waals surface area contributed by atoms with Crippen LogP contribution in [0.1, 0.15) is 44.2 Å². The van der Waals surface area contributed by atoms with Gasteiger partial charge in [0.25, 0.3) is 0 Å². The smallest absolute Gasteiger partial charge is 0.316 e. The van der Waals surface area contributed by atoms with Gasteiger partial charge in [0.1, 0.15) is 0 Å². The third kappa shape index (κ3) is 3.95. The molecule has 0 bridgehead atoms. The molecular weight excluding hydrogens is 330 g/mol. The predicted molar refractivity (Wildman–Crippen MR) is 95.2 cm³/mol. The van der Waals surface area contributed by atoms with Crippen LogP contribution in [0.25, 0.3) is 11.4 Å². The summed E-state index contributed by atoms with van der Waals surface area (Å²) in [5, 5.41) is 11.6. The first-order valence-electron chi connectivity index (χ1n) is 7.80. The van der Waals surface area contributed by atoms with Crippen LogP contribution in [-0.4, -0.2) is 33.1 Å². The fourth-order valence-corrected chi connectivity index (χ4v) is 4.26. The maximum Gasteiger partial charge on any atom is 0.316 e. The van der Waals surface area contributed by atoms with Crippen LogP contribution in [0.4, 0.5) is 0 Å². The highest BCUT2D eigenvalue weighted by molar-refractivity contribution is 7.99. The van der Waals surface area contributed by atoms with E-state index in [1.165, 1.54) is 22.2 Å². The summed E-state index contributed by atoms with van der Waals surface area (Å²) in [4.78, 5) is 12.9. The largest absolute Gasteiger partial charge is 0.465 e. The van der Waals surface area contributed by atoms with E-state index in [2.05, 4.69) is 47.8 Å². The van der Waals surface area contributed by atoms with E-state index in [4.69, 9.17) is 4.74 Å². The van der Waals surface area contributed by atoms with E-state index < -0.39 is 0 Å². The van der Waals surface area contributed by atoms with Crippen molar-refractivity contribution in [3.63, 3.8) is 0 Å². The second kappa shape index (κ2) is 7.97. The molecule has 0 N–H and O–H groups in total. The SMILES string of the molecule is CCOC(=O)CSc1nnc(-c2csc(C)c2CC)n1C(C)C. The van der Waals surface area contributed by atoms with Crippen LogP contribution in [0, 0.1) is 6.92 Å². The molecule has 2 rings (SSSR count). The lowest BCUT2D eigenvalue weighted by Gasteiger charge is -2.14. The number of hydrogen-bond acceptors (Lipinski definition) is 6. The standard InChI is InChI=1S/C16H23N3O2S2/c1-6-12-11(5)22-8-13(12)15-17-18-16(19(15)10(3)4)23-9-14(20)21-7-2/h8,10H,6-7,9H2,1-5H3. The van der Waals surface area contributed by atoms with Gasteiger partial charge in [-0.25, -0.2) is 0 Å². The highest BCUT2D eigenvalue weighted by Crippen LogP contribution is 2.34. The average Bonchev–Trinajstić information content (AvgIpc) is 3.08. The summed E-state index contributed by atoms with van der Waals surface area (Å²) in [6.07, 6.45) is 0.973. The second-order valence-electron chi connectivity index (χ2n) is 5.40. The van der Waals surface area contributed by atoms with Gasteiger partial charge >= 0.3 is 5.97 Å². The van der Waals surface area contributed by atoms with Crippen LogP contribution < -0.4 is 0 Å². The van der Waals surface area contributed by atoms with E-state index in [1.54, 1.807) is 11.3 Å². The molecule has 5 nitrogen and oxygen atoms in total. The zero-order chi connectivity index (χ0) is 17.0. The summed E-state index contributed by atoms with van der Waals surface area (Å²) in [7, 11) is 0. The highest BCUT2D eigenvalue weighted by atomic mass is 32.2. The van der Waals surface area contributed by atoms with Crippen molar-refractivity contribution in [1.82, 2.24) is 14.8 Å². The number of rotatable bonds is 7. The molecular formula is C16H23N3O2S2. The Morgan fingerprint density at radius 1 is 1.39 bits per heavy atom. The third-order valence-corrected chi connectivity index (χ3v) is 5.37. The highest BCUT2D eigenvalue weighted by Gasteiger charge is 2.21. The van der Waals surface area contributed by atoms with Crippen molar-refractivity contribution in [3.05, 3.63) is 15.8 Å². The summed E-state index contributed by atoms with van der Waals surface area (Å²) >= 11 is 3.12. The van der Waals surface area contributed by atoms with Gasteiger partial charge in [-0.3, -0.25) is 9.36 Å². The van der Waals surface area contributed by atoms with Gasteiger partial charge in [0, 0.05) is 21.9 Å². The monoisotopic (exact) mass is 353 g/mol. The number of nitrogens with zero attached hydrogens (tertiary/aromatic N) is 3. The van der Waals surface area contributed by atoms with Crippen molar-refractivity contribution in [2.24, 2.45) is 0 Å². The average molecular weight is 354 g/mol.